The predicted octanol–water partition coefficient (Wildman–Crippen LogP) is 3.30. The molecule has 1 fully saturated rings. The van der Waals surface area contributed by atoms with E-state index < -0.39 is 5.82 Å². The van der Waals surface area contributed by atoms with Gasteiger partial charge in [0.15, 0.2) is 0 Å². The third-order valence-electron chi connectivity index (χ3n) is 3.47. The maximum atomic E-state index is 12.9. The summed E-state index contributed by atoms with van der Waals surface area (Å²) < 4.78 is 18.3. The Labute approximate surface area is 129 Å². The van der Waals surface area contributed by atoms with Crippen LogP contribution < -0.4 is 10.1 Å². The van der Waals surface area contributed by atoms with Gasteiger partial charge in [0, 0.05) is 13.1 Å². The van der Waals surface area contributed by atoms with Crippen LogP contribution in [-0.2, 0) is 0 Å². The van der Waals surface area contributed by atoms with Gasteiger partial charge in [0.2, 0.25) is 0 Å². The van der Waals surface area contributed by atoms with Gasteiger partial charge in [-0.15, -0.1) is 0 Å². The van der Waals surface area contributed by atoms with Crippen molar-refractivity contribution >= 4 is 17.6 Å². The van der Waals surface area contributed by atoms with E-state index in [1.807, 2.05) is 4.90 Å². The Hall–Kier alpha value is -1.49. The van der Waals surface area contributed by atoms with E-state index in [9.17, 15) is 9.18 Å². The molecule has 1 aromatic carbocycles. The van der Waals surface area contributed by atoms with Crippen molar-refractivity contribution in [2.75, 3.05) is 26.2 Å². The van der Waals surface area contributed by atoms with Crippen LogP contribution in [0.2, 0.25) is 5.02 Å². The van der Waals surface area contributed by atoms with Crippen molar-refractivity contribution in [3.63, 3.8) is 0 Å². The lowest BCUT2D eigenvalue weighted by molar-refractivity contribution is 0.168. The fraction of sp³-hybridized carbons (Fsp3) is 0.533. The van der Waals surface area contributed by atoms with Gasteiger partial charge in [-0.3, -0.25) is 0 Å². The first kappa shape index (κ1) is 15.9. The minimum Gasteiger partial charge on any atom is -0.490 e. The minimum absolute atomic E-state index is 0.0599. The molecule has 1 heterocycles. The number of likely N-dealkylation sites (tertiary alicyclic amines) is 1. The van der Waals surface area contributed by atoms with Crippen molar-refractivity contribution in [1.82, 2.24) is 10.2 Å². The summed E-state index contributed by atoms with van der Waals surface area (Å²) in [6.45, 7) is 4.44. The first-order valence-electron chi connectivity index (χ1n) is 7.17. The molecule has 116 valence electrons. The lowest BCUT2D eigenvalue weighted by Gasteiger charge is -2.30. The summed E-state index contributed by atoms with van der Waals surface area (Å²) in [4.78, 5) is 13.8. The van der Waals surface area contributed by atoms with Crippen LogP contribution >= 0.6 is 11.6 Å². The van der Waals surface area contributed by atoms with Crippen LogP contribution in [0.3, 0.4) is 0 Å². The highest BCUT2D eigenvalue weighted by atomic mass is 35.5. The Kier molecular flexibility index (Phi) is 5.67. The van der Waals surface area contributed by atoms with E-state index in [4.69, 9.17) is 16.3 Å². The lowest BCUT2D eigenvalue weighted by Crippen LogP contribution is -2.45. The first-order valence-corrected chi connectivity index (χ1v) is 7.54. The minimum atomic E-state index is -0.403. The molecular formula is C15H20ClFN2O2. The van der Waals surface area contributed by atoms with Gasteiger partial charge in [-0.1, -0.05) is 18.5 Å². The molecule has 1 atom stereocenters. The molecular weight excluding hydrogens is 295 g/mol. The van der Waals surface area contributed by atoms with Crippen molar-refractivity contribution in [1.29, 1.82) is 0 Å². The number of urea groups is 1. The zero-order valence-electron chi connectivity index (χ0n) is 12.1. The number of rotatable bonds is 4. The van der Waals surface area contributed by atoms with Gasteiger partial charge in [-0.25, -0.2) is 9.18 Å². The third-order valence-corrected chi connectivity index (χ3v) is 3.77. The summed E-state index contributed by atoms with van der Waals surface area (Å²) >= 11 is 5.85. The quantitative estimate of drug-likeness (QED) is 0.866. The number of ether oxygens (including phenoxy) is 1. The average Bonchev–Trinajstić information content (AvgIpc) is 2.45. The fourth-order valence-corrected chi connectivity index (χ4v) is 2.62. The smallest absolute Gasteiger partial charge is 0.317 e. The highest BCUT2D eigenvalue weighted by Gasteiger charge is 2.20. The molecule has 0 aromatic heterocycles. The van der Waals surface area contributed by atoms with Gasteiger partial charge >= 0.3 is 6.03 Å². The molecule has 1 aromatic rings. The van der Waals surface area contributed by atoms with E-state index in [-0.39, 0.29) is 11.1 Å². The highest BCUT2D eigenvalue weighted by Crippen LogP contribution is 2.24. The van der Waals surface area contributed by atoms with Crippen molar-refractivity contribution in [2.45, 2.75) is 19.8 Å². The molecule has 4 nitrogen and oxygen atoms in total. The Morgan fingerprint density at radius 1 is 1.57 bits per heavy atom. The number of halogens is 2. The fourth-order valence-electron chi connectivity index (χ4n) is 2.40. The number of benzene rings is 1. The van der Waals surface area contributed by atoms with Crippen molar-refractivity contribution in [2.24, 2.45) is 5.92 Å². The lowest BCUT2D eigenvalue weighted by atomic mass is 10.0. The average molecular weight is 315 g/mol. The number of piperidine rings is 1. The molecule has 2 rings (SSSR count). The first-order chi connectivity index (χ1) is 10.1. The van der Waals surface area contributed by atoms with Crippen molar-refractivity contribution < 1.29 is 13.9 Å². The predicted molar refractivity (Wildman–Crippen MR) is 80.3 cm³/mol. The molecule has 6 heteroatoms. The SMILES string of the molecule is CC1CCCN(C(=O)NCCOc2ccc(F)cc2Cl)C1. The molecule has 1 aliphatic rings. The maximum Gasteiger partial charge on any atom is 0.317 e. The van der Waals surface area contributed by atoms with E-state index in [2.05, 4.69) is 12.2 Å². The summed E-state index contributed by atoms with van der Waals surface area (Å²) in [5, 5.41) is 3.05. The Bertz CT molecular complexity index is 499. The molecule has 2 amide bonds. The van der Waals surface area contributed by atoms with Crippen LogP contribution in [0.25, 0.3) is 0 Å². The van der Waals surface area contributed by atoms with Gasteiger partial charge in [0.25, 0.3) is 0 Å². The van der Waals surface area contributed by atoms with Crippen molar-refractivity contribution in [3.8, 4) is 5.75 Å². The second kappa shape index (κ2) is 7.50. The van der Waals surface area contributed by atoms with Crippen LogP contribution in [0.15, 0.2) is 18.2 Å². The van der Waals surface area contributed by atoms with E-state index in [1.165, 1.54) is 24.6 Å². The zero-order valence-corrected chi connectivity index (χ0v) is 12.8. The number of carbonyl (C=O) groups is 1. The topological polar surface area (TPSA) is 41.6 Å². The molecule has 0 aliphatic carbocycles. The molecule has 0 saturated carbocycles. The van der Waals surface area contributed by atoms with Gasteiger partial charge in [0.05, 0.1) is 11.6 Å². The second-order valence-corrected chi connectivity index (χ2v) is 5.76. The summed E-state index contributed by atoms with van der Waals surface area (Å²) in [6, 6.07) is 3.90. The molecule has 0 radical (unpaired) electrons. The van der Waals surface area contributed by atoms with Crippen LogP contribution in [0.1, 0.15) is 19.8 Å². The number of hydrogen-bond acceptors (Lipinski definition) is 2. The van der Waals surface area contributed by atoms with Crippen molar-refractivity contribution in [3.05, 3.63) is 29.0 Å². The number of amides is 2. The molecule has 21 heavy (non-hydrogen) atoms. The van der Waals surface area contributed by atoms with E-state index >= 15 is 0 Å². The van der Waals surface area contributed by atoms with Gasteiger partial charge in [0.1, 0.15) is 18.2 Å². The standard InChI is InChI=1S/C15H20ClFN2O2/c1-11-3-2-7-19(10-11)15(20)18-6-8-21-14-5-4-12(17)9-13(14)16/h4-5,9,11H,2-3,6-8,10H2,1H3,(H,18,20). The Balaban J connectivity index is 1.70. The molecule has 1 aliphatic heterocycles. The number of carbonyl (C=O) groups excluding carboxylic acids is 1. The summed E-state index contributed by atoms with van der Waals surface area (Å²) in [6.07, 6.45) is 2.23. The molecule has 1 N–H and O–H groups in total. The van der Waals surface area contributed by atoms with E-state index in [0.717, 1.165) is 19.5 Å². The van der Waals surface area contributed by atoms with Crippen LogP contribution in [0.5, 0.6) is 5.75 Å². The molecule has 1 saturated heterocycles. The molecule has 0 bridgehead atoms. The summed E-state index contributed by atoms with van der Waals surface area (Å²) in [7, 11) is 0. The van der Waals surface area contributed by atoms with E-state index in [0.29, 0.717) is 24.8 Å². The monoisotopic (exact) mass is 314 g/mol. The number of nitrogens with one attached hydrogen (secondary N) is 1. The zero-order chi connectivity index (χ0) is 15.2. The molecule has 1 unspecified atom stereocenters. The summed E-state index contributed by atoms with van der Waals surface area (Å²) in [5.74, 6) is 0.567. The normalized spacial score (nSPS) is 18.4. The second-order valence-electron chi connectivity index (χ2n) is 5.35. The highest BCUT2D eigenvalue weighted by molar-refractivity contribution is 6.32. The van der Waals surface area contributed by atoms with Crippen LogP contribution in [0, 0.1) is 11.7 Å². The van der Waals surface area contributed by atoms with Crippen LogP contribution in [-0.4, -0.2) is 37.2 Å². The number of hydrogen-bond donors (Lipinski definition) is 1. The largest absolute Gasteiger partial charge is 0.490 e. The third kappa shape index (κ3) is 4.77. The Morgan fingerprint density at radius 2 is 2.38 bits per heavy atom. The van der Waals surface area contributed by atoms with Gasteiger partial charge in [-0.05, 0) is 37.0 Å². The maximum absolute atomic E-state index is 12.9. The number of nitrogens with zero attached hydrogens (tertiary/aromatic N) is 1. The summed E-state index contributed by atoms with van der Waals surface area (Å²) in [5.41, 5.74) is 0. The Morgan fingerprint density at radius 3 is 3.10 bits per heavy atom. The van der Waals surface area contributed by atoms with E-state index in [1.54, 1.807) is 0 Å². The van der Waals surface area contributed by atoms with Crippen LogP contribution in [0.4, 0.5) is 9.18 Å². The molecule has 0 spiro atoms. The van der Waals surface area contributed by atoms with Gasteiger partial charge < -0.3 is 15.0 Å². The van der Waals surface area contributed by atoms with Gasteiger partial charge in [-0.2, -0.15) is 0 Å².